The number of nitrogens with zero attached hydrogens (tertiary/aromatic N) is 3. The molecule has 1 saturated heterocycles. The number of carbonyl (C=O) groups excluding carboxylic acids is 2. The summed E-state index contributed by atoms with van der Waals surface area (Å²) in [7, 11) is 0. The maximum atomic E-state index is 13.3. The minimum atomic E-state index is -0.690. The zero-order chi connectivity index (χ0) is 20.3. The highest BCUT2D eigenvalue weighted by Gasteiger charge is 2.41. The standard InChI is InChI=1S/C19H27N5O4/c1-4-11(2)17(22-16(26)9-14-7-12(3)23-28-14)19(27)24-10-13(25)8-15(24)18-20-5-6-21-18/h5-7,11,13,15,17,25H,4,8-10H2,1-3H3,(H,20,21)(H,22,26)/t11-,13+,15-,17-/m0/s1. The average molecular weight is 389 g/mol. The second-order valence-electron chi connectivity index (χ2n) is 7.41. The number of aliphatic hydroxyl groups is 1. The summed E-state index contributed by atoms with van der Waals surface area (Å²) in [6, 6.07) is 0.672. The number of rotatable bonds is 7. The van der Waals surface area contributed by atoms with Crippen LogP contribution in [0.15, 0.2) is 23.0 Å². The maximum Gasteiger partial charge on any atom is 0.246 e. The number of likely N-dealkylation sites (tertiary alicyclic amines) is 1. The lowest BCUT2D eigenvalue weighted by atomic mass is 9.97. The van der Waals surface area contributed by atoms with Crippen LogP contribution in [-0.4, -0.2) is 55.6 Å². The number of nitrogens with one attached hydrogen (secondary N) is 2. The molecule has 1 fully saturated rings. The second kappa shape index (κ2) is 8.55. The van der Waals surface area contributed by atoms with Gasteiger partial charge in [-0.1, -0.05) is 25.4 Å². The lowest BCUT2D eigenvalue weighted by Gasteiger charge is -2.31. The van der Waals surface area contributed by atoms with Crippen molar-refractivity contribution in [3.8, 4) is 0 Å². The number of aliphatic hydroxyl groups excluding tert-OH is 1. The van der Waals surface area contributed by atoms with Gasteiger partial charge in [-0.2, -0.15) is 0 Å². The van der Waals surface area contributed by atoms with Gasteiger partial charge in [-0.3, -0.25) is 9.59 Å². The molecule has 0 saturated carbocycles. The molecule has 2 amide bonds. The summed E-state index contributed by atoms with van der Waals surface area (Å²) in [5.74, 6) is 0.507. The van der Waals surface area contributed by atoms with Crippen LogP contribution >= 0.6 is 0 Å². The van der Waals surface area contributed by atoms with Crippen LogP contribution in [0.2, 0.25) is 0 Å². The fourth-order valence-corrected chi connectivity index (χ4v) is 3.52. The number of hydrogen-bond acceptors (Lipinski definition) is 6. The van der Waals surface area contributed by atoms with Crippen molar-refractivity contribution < 1.29 is 19.2 Å². The topological polar surface area (TPSA) is 124 Å². The summed E-state index contributed by atoms with van der Waals surface area (Å²) in [4.78, 5) is 34.7. The van der Waals surface area contributed by atoms with Crippen molar-refractivity contribution in [2.24, 2.45) is 5.92 Å². The molecule has 0 unspecified atom stereocenters. The van der Waals surface area contributed by atoms with Crippen molar-refractivity contribution in [1.29, 1.82) is 0 Å². The van der Waals surface area contributed by atoms with Gasteiger partial charge in [0.05, 0.1) is 24.3 Å². The molecule has 9 nitrogen and oxygen atoms in total. The quantitative estimate of drug-likeness (QED) is 0.652. The third-order valence-electron chi connectivity index (χ3n) is 5.20. The predicted molar refractivity (Wildman–Crippen MR) is 100.0 cm³/mol. The first kappa shape index (κ1) is 20.1. The minimum absolute atomic E-state index is 0.0191. The van der Waals surface area contributed by atoms with Crippen LogP contribution in [0.4, 0.5) is 0 Å². The molecular formula is C19H27N5O4. The summed E-state index contributed by atoms with van der Waals surface area (Å²) >= 11 is 0. The first-order chi connectivity index (χ1) is 13.4. The molecule has 0 spiro atoms. The van der Waals surface area contributed by atoms with Crippen LogP contribution < -0.4 is 5.32 Å². The summed E-state index contributed by atoms with van der Waals surface area (Å²) in [5, 5.41) is 16.8. The zero-order valence-corrected chi connectivity index (χ0v) is 16.4. The van der Waals surface area contributed by atoms with Gasteiger partial charge in [-0.15, -0.1) is 0 Å². The van der Waals surface area contributed by atoms with Crippen LogP contribution in [0.1, 0.15) is 50.0 Å². The van der Waals surface area contributed by atoms with E-state index in [0.29, 0.717) is 23.7 Å². The van der Waals surface area contributed by atoms with E-state index >= 15 is 0 Å². The summed E-state index contributed by atoms with van der Waals surface area (Å²) in [6.07, 6.45) is 3.85. The minimum Gasteiger partial charge on any atom is -0.391 e. The molecule has 4 atom stereocenters. The highest BCUT2D eigenvalue weighted by Crippen LogP contribution is 2.31. The lowest BCUT2D eigenvalue weighted by Crippen LogP contribution is -2.52. The number of β-amino-alcohol motifs (C(OH)–C–C–N with tert-alkyl or cyclic N) is 1. The van der Waals surface area contributed by atoms with Crippen molar-refractivity contribution in [2.75, 3.05) is 6.54 Å². The Labute approximate surface area is 163 Å². The van der Waals surface area contributed by atoms with Crippen LogP contribution in [0, 0.1) is 12.8 Å². The zero-order valence-electron chi connectivity index (χ0n) is 16.4. The number of carbonyl (C=O) groups is 2. The molecule has 2 aromatic rings. The SMILES string of the molecule is CC[C@H](C)[C@H](NC(=O)Cc1cc(C)no1)C(=O)N1C[C@H](O)C[C@H]1c1ncc[nH]1. The van der Waals surface area contributed by atoms with Gasteiger partial charge in [-0.25, -0.2) is 4.98 Å². The molecular weight excluding hydrogens is 362 g/mol. The Balaban J connectivity index is 1.74. The van der Waals surface area contributed by atoms with E-state index in [-0.39, 0.29) is 36.7 Å². The van der Waals surface area contributed by atoms with Gasteiger partial charge < -0.3 is 24.8 Å². The number of aromatic amines is 1. The van der Waals surface area contributed by atoms with Gasteiger partial charge in [-0.05, 0) is 12.8 Å². The Kier molecular flexibility index (Phi) is 6.13. The van der Waals surface area contributed by atoms with Gasteiger partial charge in [0, 0.05) is 31.4 Å². The Bertz CT molecular complexity index is 803. The van der Waals surface area contributed by atoms with E-state index in [2.05, 4.69) is 20.4 Å². The molecule has 1 aliphatic rings. The number of hydrogen-bond donors (Lipinski definition) is 3. The number of imidazole rings is 1. The van der Waals surface area contributed by atoms with Crippen molar-refractivity contribution in [1.82, 2.24) is 25.3 Å². The first-order valence-corrected chi connectivity index (χ1v) is 9.58. The fraction of sp³-hybridized carbons (Fsp3) is 0.579. The number of aromatic nitrogens is 3. The van der Waals surface area contributed by atoms with Crippen molar-refractivity contribution in [2.45, 2.75) is 58.2 Å². The molecule has 0 aromatic carbocycles. The Morgan fingerprint density at radius 3 is 2.89 bits per heavy atom. The van der Waals surface area contributed by atoms with E-state index in [0.717, 1.165) is 6.42 Å². The fourth-order valence-electron chi connectivity index (χ4n) is 3.52. The first-order valence-electron chi connectivity index (χ1n) is 9.58. The van der Waals surface area contributed by atoms with Gasteiger partial charge in [0.2, 0.25) is 11.8 Å². The van der Waals surface area contributed by atoms with Gasteiger partial charge >= 0.3 is 0 Å². The van der Waals surface area contributed by atoms with Crippen molar-refractivity contribution in [3.63, 3.8) is 0 Å². The summed E-state index contributed by atoms with van der Waals surface area (Å²) in [6.45, 7) is 5.90. The predicted octanol–water partition coefficient (Wildman–Crippen LogP) is 1.11. The van der Waals surface area contributed by atoms with E-state index in [1.54, 1.807) is 30.3 Å². The number of aryl methyl sites for hydroxylation is 1. The van der Waals surface area contributed by atoms with E-state index < -0.39 is 12.1 Å². The molecule has 9 heteroatoms. The monoisotopic (exact) mass is 389 g/mol. The van der Waals surface area contributed by atoms with Crippen LogP contribution in [-0.2, 0) is 16.0 Å². The van der Waals surface area contributed by atoms with Crippen molar-refractivity contribution >= 4 is 11.8 Å². The molecule has 0 radical (unpaired) electrons. The van der Waals surface area contributed by atoms with E-state index in [9.17, 15) is 14.7 Å². The van der Waals surface area contributed by atoms with Crippen molar-refractivity contribution in [3.05, 3.63) is 35.7 Å². The highest BCUT2D eigenvalue weighted by molar-refractivity contribution is 5.89. The Morgan fingerprint density at radius 1 is 1.50 bits per heavy atom. The molecule has 0 bridgehead atoms. The molecule has 1 aliphatic heterocycles. The molecule has 28 heavy (non-hydrogen) atoms. The largest absolute Gasteiger partial charge is 0.391 e. The third-order valence-corrected chi connectivity index (χ3v) is 5.20. The van der Waals surface area contributed by atoms with E-state index in [1.165, 1.54) is 0 Å². The van der Waals surface area contributed by atoms with Crippen LogP contribution in [0.25, 0.3) is 0 Å². The van der Waals surface area contributed by atoms with Crippen LogP contribution in [0.5, 0.6) is 0 Å². The maximum absolute atomic E-state index is 13.3. The normalized spacial score (nSPS) is 21.5. The van der Waals surface area contributed by atoms with Gasteiger partial charge in [0.1, 0.15) is 17.6 Å². The lowest BCUT2D eigenvalue weighted by molar-refractivity contribution is -0.139. The molecule has 3 rings (SSSR count). The summed E-state index contributed by atoms with van der Waals surface area (Å²) < 4.78 is 5.09. The molecule has 3 N–H and O–H groups in total. The summed E-state index contributed by atoms with van der Waals surface area (Å²) in [5.41, 5.74) is 0.699. The smallest absolute Gasteiger partial charge is 0.246 e. The highest BCUT2D eigenvalue weighted by atomic mass is 16.5. The van der Waals surface area contributed by atoms with Gasteiger partial charge in [0.25, 0.3) is 0 Å². The van der Waals surface area contributed by atoms with E-state index in [4.69, 9.17) is 4.52 Å². The molecule has 152 valence electrons. The molecule has 3 heterocycles. The van der Waals surface area contributed by atoms with Gasteiger partial charge in [0.15, 0.2) is 0 Å². The Hall–Kier alpha value is -2.68. The third kappa shape index (κ3) is 4.41. The average Bonchev–Trinajstić information content (AvgIpc) is 3.39. The number of H-pyrrole nitrogens is 1. The van der Waals surface area contributed by atoms with Crippen LogP contribution in [0.3, 0.4) is 0 Å². The second-order valence-corrected chi connectivity index (χ2v) is 7.41. The Morgan fingerprint density at radius 2 is 2.29 bits per heavy atom. The molecule has 2 aromatic heterocycles. The number of amides is 2. The molecule has 0 aliphatic carbocycles. The van der Waals surface area contributed by atoms with E-state index in [1.807, 2.05) is 13.8 Å².